The zero-order valence-corrected chi connectivity index (χ0v) is 7.63. The molecule has 0 spiro atoms. The molecule has 0 aromatic heterocycles. The third-order valence-electron chi connectivity index (χ3n) is 3.75. The molecule has 3 rings (SSSR count). The first-order valence-electron chi connectivity index (χ1n) is 5.41. The summed E-state index contributed by atoms with van der Waals surface area (Å²) in [4.78, 5) is 2.79. The van der Waals surface area contributed by atoms with Crippen LogP contribution in [-0.2, 0) is 0 Å². The quantitative estimate of drug-likeness (QED) is 0.621. The van der Waals surface area contributed by atoms with Crippen LogP contribution in [0.15, 0.2) is 0 Å². The van der Waals surface area contributed by atoms with Crippen LogP contribution in [0.2, 0.25) is 0 Å². The molecule has 1 aliphatic carbocycles. The van der Waals surface area contributed by atoms with Crippen LogP contribution in [0.5, 0.6) is 0 Å². The molecular formula is C10H18N2. The van der Waals surface area contributed by atoms with Gasteiger partial charge in [-0.3, -0.25) is 4.90 Å². The molecule has 2 unspecified atom stereocenters. The van der Waals surface area contributed by atoms with E-state index in [0.717, 1.165) is 18.0 Å². The Hall–Kier alpha value is -0.0800. The zero-order chi connectivity index (χ0) is 7.97. The van der Waals surface area contributed by atoms with Crippen LogP contribution in [0.4, 0.5) is 0 Å². The van der Waals surface area contributed by atoms with Gasteiger partial charge in [-0.1, -0.05) is 0 Å². The second-order valence-electron chi connectivity index (χ2n) is 4.60. The first-order valence-corrected chi connectivity index (χ1v) is 5.41. The maximum atomic E-state index is 3.59. The van der Waals surface area contributed by atoms with Crippen LogP contribution >= 0.6 is 0 Å². The fourth-order valence-corrected chi connectivity index (χ4v) is 2.95. The van der Waals surface area contributed by atoms with Crippen LogP contribution in [0.3, 0.4) is 0 Å². The lowest BCUT2D eigenvalue weighted by Gasteiger charge is -2.38. The van der Waals surface area contributed by atoms with Crippen molar-refractivity contribution in [1.82, 2.24) is 10.2 Å². The van der Waals surface area contributed by atoms with Gasteiger partial charge in [0.05, 0.1) is 0 Å². The normalized spacial score (nSPS) is 43.0. The van der Waals surface area contributed by atoms with Gasteiger partial charge < -0.3 is 5.32 Å². The van der Waals surface area contributed by atoms with Crippen molar-refractivity contribution in [1.29, 1.82) is 0 Å². The number of nitrogens with zero attached hydrogens (tertiary/aromatic N) is 1. The standard InChI is InChI=1S/C10H18N2/c1-2-9-6-11-7-10(8-3-4-8)12(9)5-1/h8-11H,1-7H2. The highest BCUT2D eigenvalue weighted by Crippen LogP contribution is 2.38. The fraction of sp³-hybridized carbons (Fsp3) is 1.00. The minimum atomic E-state index is 0.893. The molecule has 3 fully saturated rings. The van der Waals surface area contributed by atoms with E-state index in [1.807, 2.05) is 0 Å². The van der Waals surface area contributed by atoms with Crippen molar-refractivity contribution < 1.29 is 0 Å². The van der Waals surface area contributed by atoms with E-state index in [2.05, 4.69) is 10.2 Å². The van der Waals surface area contributed by atoms with Crippen LogP contribution in [0.25, 0.3) is 0 Å². The third kappa shape index (κ3) is 1.09. The third-order valence-corrected chi connectivity index (χ3v) is 3.75. The molecule has 0 amide bonds. The number of rotatable bonds is 1. The van der Waals surface area contributed by atoms with Crippen molar-refractivity contribution in [3.63, 3.8) is 0 Å². The topological polar surface area (TPSA) is 15.3 Å². The Labute approximate surface area is 74.3 Å². The maximum Gasteiger partial charge on any atom is 0.0252 e. The van der Waals surface area contributed by atoms with E-state index >= 15 is 0 Å². The summed E-state index contributed by atoms with van der Waals surface area (Å²) < 4.78 is 0. The van der Waals surface area contributed by atoms with Gasteiger partial charge in [-0.05, 0) is 38.1 Å². The van der Waals surface area contributed by atoms with E-state index in [4.69, 9.17) is 0 Å². The first-order chi connectivity index (χ1) is 5.95. The molecule has 0 aromatic carbocycles. The van der Waals surface area contributed by atoms with Crippen molar-refractivity contribution in [3.05, 3.63) is 0 Å². The molecule has 0 bridgehead atoms. The monoisotopic (exact) mass is 166 g/mol. The minimum Gasteiger partial charge on any atom is -0.314 e. The molecular weight excluding hydrogens is 148 g/mol. The Morgan fingerprint density at radius 3 is 2.83 bits per heavy atom. The van der Waals surface area contributed by atoms with Crippen LogP contribution in [0, 0.1) is 5.92 Å². The van der Waals surface area contributed by atoms with Gasteiger partial charge in [-0.25, -0.2) is 0 Å². The summed E-state index contributed by atoms with van der Waals surface area (Å²) in [7, 11) is 0. The van der Waals surface area contributed by atoms with Crippen molar-refractivity contribution in [3.8, 4) is 0 Å². The van der Waals surface area contributed by atoms with Crippen LogP contribution in [0.1, 0.15) is 25.7 Å². The molecule has 0 radical (unpaired) electrons. The predicted octanol–water partition coefficient (Wildman–Crippen LogP) is 0.833. The average molecular weight is 166 g/mol. The van der Waals surface area contributed by atoms with E-state index in [1.165, 1.54) is 45.3 Å². The van der Waals surface area contributed by atoms with Gasteiger partial charge in [0.1, 0.15) is 0 Å². The Kier molecular flexibility index (Phi) is 1.66. The molecule has 2 heterocycles. The smallest absolute Gasteiger partial charge is 0.0252 e. The second kappa shape index (κ2) is 2.71. The highest BCUT2D eigenvalue weighted by atomic mass is 15.3. The van der Waals surface area contributed by atoms with E-state index in [1.54, 1.807) is 0 Å². The molecule has 0 aromatic rings. The van der Waals surface area contributed by atoms with Gasteiger partial charge in [0.25, 0.3) is 0 Å². The largest absolute Gasteiger partial charge is 0.314 e. The molecule has 68 valence electrons. The van der Waals surface area contributed by atoms with Gasteiger partial charge >= 0.3 is 0 Å². The van der Waals surface area contributed by atoms with Crippen molar-refractivity contribution in [2.75, 3.05) is 19.6 Å². The van der Waals surface area contributed by atoms with E-state index in [9.17, 15) is 0 Å². The van der Waals surface area contributed by atoms with Crippen LogP contribution < -0.4 is 5.32 Å². The number of fused-ring (bicyclic) bond motifs is 1. The molecule has 2 saturated heterocycles. The SMILES string of the molecule is C1CC2CNCC(C3CC3)N2C1. The Morgan fingerprint density at radius 2 is 2.00 bits per heavy atom. The average Bonchev–Trinajstić information content (AvgIpc) is 2.82. The summed E-state index contributed by atoms with van der Waals surface area (Å²) in [5.74, 6) is 1.05. The number of hydrogen-bond acceptors (Lipinski definition) is 2. The summed E-state index contributed by atoms with van der Waals surface area (Å²) in [5.41, 5.74) is 0. The highest BCUT2D eigenvalue weighted by Gasteiger charge is 2.41. The summed E-state index contributed by atoms with van der Waals surface area (Å²) in [5, 5.41) is 3.59. The first kappa shape index (κ1) is 7.34. The Bertz CT molecular complexity index is 177. The fourth-order valence-electron chi connectivity index (χ4n) is 2.95. The predicted molar refractivity (Wildman–Crippen MR) is 49.1 cm³/mol. The molecule has 2 nitrogen and oxygen atoms in total. The molecule has 2 heteroatoms. The number of piperazine rings is 1. The zero-order valence-electron chi connectivity index (χ0n) is 7.63. The summed E-state index contributed by atoms with van der Waals surface area (Å²) in [6, 6.07) is 1.80. The lowest BCUT2D eigenvalue weighted by atomic mass is 10.1. The highest BCUT2D eigenvalue weighted by molar-refractivity contribution is 4.98. The van der Waals surface area contributed by atoms with Crippen molar-refractivity contribution >= 4 is 0 Å². The number of nitrogens with one attached hydrogen (secondary N) is 1. The van der Waals surface area contributed by atoms with Gasteiger partial charge in [-0.2, -0.15) is 0 Å². The van der Waals surface area contributed by atoms with Gasteiger partial charge in [0, 0.05) is 25.2 Å². The molecule has 2 aliphatic heterocycles. The van der Waals surface area contributed by atoms with Gasteiger partial charge in [0.2, 0.25) is 0 Å². The van der Waals surface area contributed by atoms with Crippen molar-refractivity contribution in [2.24, 2.45) is 5.92 Å². The van der Waals surface area contributed by atoms with E-state index in [0.29, 0.717) is 0 Å². The van der Waals surface area contributed by atoms with Crippen molar-refractivity contribution in [2.45, 2.75) is 37.8 Å². The van der Waals surface area contributed by atoms with E-state index in [-0.39, 0.29) is 0 Å². The van der Waals surface area contributed by atoms with E-state index < -0.39 is 0 Å². The lowest BCUT2D eigenvalue weighted by Crippen LogP contribution is -2.55. The summed E-state index contributed by atoms with van der Waals surface area (Å²) in [6.07, 6.45) is 5.87. The maximum absolute atomic E-state index is 3.59. The van der Waals surface area contributed by atoms with Gasteiger partial charge in [-0.15, -0.1) is 0 Å². The summed E-state index contributed by atoms with van der Waals surface area (Å²) in [6.45, 7) is 3.90. The van der Waals surface area contributed by atoms with Crippen LogP contribution in [-0.4, -0.2) is 36.6 Å². The minimum absolute atomic E-state index is 0.893. The molecule has 3 aliphatic rings. The molecule has 12 heavy (non-hydrogen) atoms. The number of hydrogen-bond donors (Lipinski definition) is 1. The molecule has 1 N–H and O–H groups in total. The molecule has 2 atom stereocenters. The Morgan fingerprint density at radius 1 is 1.08 bits per heavy atom. The Balaban J connectivity index is 1.74. The van der Waals surface area contributed by atoms with Gasteiger partial charge in [0.15, 0.2) is 0 Å². The second-order valence-corrected chi connectivity index (χ2v) is 4.60. The lowest BCUT2D eigenvalue weighted by molar-refractivity contribution is 0.122. The summed E-state index contributed by atoms with van der Waals surface area (Å²) >= 11 is 0. The molecule has 1 saturated carbocycles.